The zero-order valence-electron chi connectivity index (χ0n) is 19.1. The van der Waals surface area contributed by atoms with Gasteiger partial charge in [0.15, 0.2) is 11.5 Å². The van der Waals surface area contributed by atoms with Crippen molar-refractivity contribution in [2.24, 2.45) is 0 Å². The molecule has 3 heterocycles. The Morgan fingerprint density at radius 3 is 2.56 bits per heavy atom. The Bertz CT molecular complexity index is 1270. The molecule has 3 aromatic heterocycles. The van der Waals surface area contributed by atoms with Gasteiger partial charge in [-0.15, -0.1) is 5.10 Å². The number of nitrogens with zero attached hydrogens (tertiary/aromatic N) is 7. The summed E-state index contributed by atoms with van der Waals surface area (Å²) < 4.78 is 32.0. The second kappa shape index (κ2) is 10.8. The van der Waals surface area contributed by atoms with Crippen molar-refractivity contribution in [1.82, 2.24) is 34.5 Å². The first-order valence-electron chi connectivity index (χ1n) is 11.0. The Morgan fingerprint density at radius 2 is 1.82 bits per heavy atom. The molecule has 34 heavy (non-hydrogen) atoms. The van der Waals surface area contributed by atoms with Gasteiger partial charge >= 0.3 is 7.60 Å². The molecule has 0 spiro atoms. The van der Waals surface area contributed by atoms with Crippen molar-refractivity contribution in [1.29, 1.82) is 0 Å². The standard InChI is InChI=1S/C21H27N8O4P/c1-3-32-34(30,33-4-2)13-12-31-11-10-28-15-23-18-19(22)24-21(25-20(18)28)29-14-17(26-27-29)16-8-6-5-7-9-16/h5-9,14-15H,3-4,10-13H2,1-2H3,(H2,22,24,25). The third kappa shape index (κ3) is 5.48. The SMILES string of the molecule is CCOP(=O)(CCOCCn1cnc2c(N)nc(-n3cc(-c4ccccc4)nn3)nc21)OCC. The molecule has 0 amide bonds. The van der Waals surface area contributed by atoms with Crippen molar-refractivity contribution >= 4 is 24.6 Å². The monoisotopic (exact) mass is 486 g/mol. The first-order chi connectivity index (χ1) is 16.5. The molecule has 0 aliphatic rings. The zero-order chi connectivity index (χ0) is 24.0. The molecular weight excluding hydrogens is 459 g/mol. The predicted octanol–water partition coefficient (Wildman–Crippen LogP) is 2.94. The van der Waals surface area contributed by atoms with Crippen molar-refractivity contribution in [3.05, 3.63) is 42.9 Å². The maximum absolute atomic E-state index is 12.5. The Balaban J connectivity index is 1.44. The third-order valence-electron chi connectivity index (χ3n) is 4.88. The Kier molecular flexibility index (Phi) is 7.63. The van der Waals surface area contributed by atoms with E-state index in [1.165, 1.54) is 4.68 Å². The minimum atomic E-state index is -3.12. The van der Waals surface area contributed by atoms with Crippen LogP contribution in [-0.2, 0) is 24.9 Å². The van der Waals surface area contributed by atoms with Crippen LogP contribution in [0.5, 0.6) is 0 Å². The Labute approximate surface area is 196 Å². The highest BCUT2D eigenvalue weighted by Gasteiger charge is 2.23. The molecule has 0 atom stereocenters. The number of aromatic nitrogens is 7. The summed E-state index contributed by atoms with van der Waals surface area (Å²) in [4.78, 5) is 13.2. The first kappa shape index (κ1) is 24.0. The van der Waals surface area contributed by atoms with Crippen LogP contribution in [0, 0.1) is 0 Å². The maximum atomic E-state index is 12.5. The van der Waals surface area contributed by atoms with Crippen molar-refractivity contribution in [2.45, 2.75) is 20.4 Å². The lowest BCUT2D eigenvalue weighted by atomic mass is 10.2. The summed E-state index contributed by atoms with van der Waals surface area (Å²) in [5, 5.41) is 8.35. The van der Waals surface area contributed by atoms with Gasteiger partial charge in [0.2, 0.25) is 0 Å². The smallest absolute Gasteiger partial charge is 0.332 e. The van der Waals surface area contributed by atoms with Crippen molar-refractivity contribution in [3.63, 3.8) is 0 Å². The highest BCUT2D eigenvalue weighted by molar-refractivity contribution is 7.53. The quantitative estimate of drug-likeness (QED) is 0.234. The molecule has 0 bridgehead atoms. The summed E-state index contributed by atoms with van der Waals surface area (Å²) >= 11 is 0. The van der Waals surface area contributed by atoms with Crippen LogP contribution < -0.4 is 5.73 Å². The predicted molar refractivity (Wildman–Crippen MR) is 127 cm³/mol. The van der Waals surface area contributed by atoms with E-state index in [1.807, 2.05) is 34.9 Å². The van der Waals surface area contributed by atoms with Gasteiger partial charge in [0, 0.05) is 12.1 Å². The molecule has 12 nitrogen and oxygen atoms in total. The maximum Gasteiger partial charge on any atom is 0.332 e. The van der Waals surface area contributed by atoms with Crippen LogP contribution in [0.4, 0.5) is 5.82 Å². The van der Waals surface area contributed by atoms with Crippen LogP contribution in [0.1, 0.15) is 13.8 Å². The summed E-state index contributed by atoms with van der Waals surface area (Å²) in [6, 6.07) is 9.70. The Morgan fingerprint density at radius 1 is 1.06 bits per heavy atom. The van der Waals surface area contributed by atoms with Crippen molar-refractivity contribution < 1.29 is 18.3 Å². The molecule has 0 aliphatic carbocycles. The van der Waals surface area contributed by atoms with Gasteiger partial charge in [-0.3, -0.25) is 4.57 Å². The summed E-state index contributed by atoms with van der Waals surface area (Å²) in [6.07, 6.45) is 3.56. The van der Waals surface area contributed by atoms with Gasteiger partial charge in [0.25, 0.3) is 5.95 Å². The van der Waals surface area contributed by atoms with Gasteiger partial charge in [-0.25, -0.2) is 4.98 Å². The van der Waals surface area contributed by atoms with Gasteiger partial charge in [-0.1, -0.05) is 35.5 Å². The number of benzene rings is 1. The zero-order valence-corrected chi connectivity index (χ0v) is 20.0. The fraction of sp³-hybridized carbons (Fsp3) is 0.381. The number of hydrogen-bond acceptors (Lipinski definition) is 10. The van der Waals surface area contributed by atoms with Gasteiger partial charge in [0.1, 0.15) is 11.2 Å². The van der Waals surface area contributed by atoms with Crippen LogP contribution in [0.2, 0.25) is 0 Å². The lowest BCUT2D eigenvalue weighted by Crippen LogP contribution is -2.11. The van der Waals surface area contributed by atoms with E-state index in [9.17, 15) is 4.57 Å². The lowest BCUT2D eigenvalue weighted by molar-refractivity contribution is 0.132. The molecule has 0 aliphatic heterocycles. The highest BCUT2D eigenvalue weighted by Crippen LogP contribution is 2.47. The molecule has 0 unspecified atom stereocenters. The van der Waals surface area contributed by atoms with E-state index < -0.39 is 7.60 Å². The second-order valence-corrected chi connectivity index (χ2v) is 9.40. The van der Waals surface area contributed by atoms with Crippen LogP contribution in [0.25, 0.3) is 28.4 Å². The normalized spacial score (nSPS) is 11.9. The summed E-state index contributed by atoms with van der Waals surface area (Å²) in [5.74, 6) is 0.530. The minimum Gasteiger partial charge on any atom is -0.382 e. The summed E-state index contributed by atoms with van der Waals surface area (Å²) in [5.41, 5.74) is 8.80. The molecule has 0 saturated heterocycles. The van der Waals surface area contributed by atoms with E-state index in [1.54, 1.807) is 26.4 Å². The lowest BCUT2D eigenvalue weighted by Gasteiger charge is -2.16. The average Bonchev–Trinajstić information content (AvgIpc) is 3.48. The minimum absolute atomic E-state index is 0.189. The average molecular weight is 486 g/mol. The number of anilines is 1. The van der Waals surface area contributed by atoms with Gasteiger partial charge < -0.3 is 24.1 Å². The molecule has 0 saturated carbocycles. The first-order valence-corrected chi connectivity index (χ1v) is 12.7. The van der Waals surface area contributed by atoms with E-state index in [0.717, 1.165) is 5.56 Å². The molecule has 4 aromatic rings. The van der Waals surface area contributed by atoms with E-state index in [4.69, 9.17) is 19.5 Å². The molecule has 0 radical (unpaired) electrons. The summed E-state index contributed by atoms with van der Waals surface area (Å²) in [6.45, 7) is 5.26. The molecule has 2 N–H and O–H groups in total. The highest BCUT2D eigenvalue weighted by atomic mass is 31.2. The van der Waals surface area contributed by atoms with E-state index in [2.05, 4.69) is 25.3 Å². The molecule has 4 rings (SSSR count). The van der Waals surface area contributed by atoms with E-state index in [0.29, 0.717) is 43.2 Å². The fourth-order valence-electron chi connectivity index (χ4n) is 3.32. The number of ether oxygens (including phenoxy) is 1. The second-order valence-electron chi connectivity index (χ2n) is 7.22. The van der Waals surface area contributed by atoms with Crippen molar-refractivity contribution in [2.75, 3.05) is 38.3 Å². The van der Waals surface area contributed by atoms with E-state index >= 15 is 0 Å². The Hall–Kier alpha value is -3.18. The largest absolute Gasteiger partial charge is 0.382 e. The third-order valence-corrected chi connectivity index (χ3v) is 6.92. The number of fused-ring (bicyclic) bond motifs is 1. The van der Waals surface area contributed by atoms with Crippen LogP contribution in [0.15, 0.2) is 42.9 Å². The van der Waals surface area contributed by atoms with Crippen LogP contribution in [-0.4, -0.2) is 67.1 Å². The molecular formula is C21H27N8O4P. The van der Waals surface area contributed by atoms with E-state index in [-0.39, 0.29) is 24.5 Å². The van der Waals surface area contributed by atoms with Gasteiger partial charge in [-0.2, -0.15) is 14.6 Å². The number of nitrogens with two attached hydrogens (primary N) is 1. The number of nitrogen functional groups attached to an aromatic ring is 1. The fourth-order valence-corrected chi connectivity index (χ4v) is 4.80. The molecule has 0 fully saturated rings. The number of hydrogen-bond donors (Lipinski definition) is 1. The van der Waals surface area contributed by atoms with Crippen molar-refractivity contribution in [3.8, 4) is 17.2 Å². The number of rotatable bonds is 12. The van der Waals surface area contributed by atoms with Gasteiger partial charge in [-0.05, 0) is 13.8 Å². The number of imidazole rings is 1. The summed E-state index contributed by atoms with van der Waals surface area (Å²) in [7, 11) is -3.12. The molecule has 180 valence electrons. The molecule has 13 heteroatoms. The van der Waals surface area contributed by atoms with Gasteiger partial charge in [0.05, 0.1) is 45.1 Å². The topological polar surface area (TPSA) is 145 Å². The van der Waals surface area contributed by atoms with Crippen LogP contribution >= 0.6 is 7.60 Å². The molecule has 1 aromatic carbocycles. The van der Waals surface area contributed by atoms with Crippen LogP contribution in [0.3, 0.4) is 0 Å².